The molecule has 1 aromatic rings. The number of benzene rings is 1. The van der Waals surface area contributed by atoms with Crippen molar-refractivity contribution in [3.05, 3.63) is 35.1 Å². The van der Waals surface area contributed by atoms with Crippen LogP contribution in [0, 0.1) is 17.5 Å². The number of hydrogen-bond donors (Lipinski definition) is 0. The lowest BCUT2D eigenvalue weighted by Crippen LogP contribution is -2.38. The lowest BCUT2D eigenvalue weighted by Gasteiger charge is -2.23. The Kier molecular flexibility index (Phi) is 3.77. The van der Waals surface area contributed by atoms with Gasteiger partial charge in [0, 0.05) is 18.7 Å². The Balaban J connectivity index is 2.24. The number of amides is 1. The number of carbonyl (C=O) groups is 1. The molecule has 0 aromatic heterocycles. The minimum Gasteiger partial charge on any atom is -0.338 e. The summed E-state index contributed by atoms with van der Waals surface area (Å²) in [4.78, 5) is 13.2. The first kappa shape index (κ1) is 14.8. The fourth-order valence-electron chi connectivity index (χ4n) is 2.13. The molecule has 1 amide bonds. The van der Waals surface area contributed by atoms with E-state index in [1.54, 1.807) is 0 Å². The fourth-order valence-corrected chi connectivity index (χ4v) is 3.90. The van der Waals surface area contributed by atoms with Crippen molar-refractivity contribution >= 4 is 15.7 Å². The number of rotatable bonds is 2. The van der Waals surface area contributed by atoms with Gasteiger partial charge in [-0.3, -0.25) is 4.79 Å². The van der Waals surface area contributed by atoms with Crippen LogP contribution in [0.4, 0.5) is 13.2 Å². The molecule has 20 heavy (non-hydrogen) atoms. The third-order valence-corrected chi connectivity index (χ3v) is 5.06. The van der Waals surface area contributed by atoms with E-state index in [1.165, 1.54) is 7.05 Å². The van der Waals surface area contributed by atoms with Crippen molar-refractivity contribution in [2.45, 2.75) is 12.5 Å². The molecule has 1 aromatic carbocycles. The number of sulfone groups is 1. The van der Waals surface area contributed by atoms with Crippen molar-refractivity contribution in [2.24, 2.45) is 0 Å². The van der Waals surface area contributed by atoms with Gasteiger partial charge in [-0.25, -0.2) is 21.6 Å². The van der Waals surface area contributed by atoms with E-state index in [0.29, 0.717) is 12.1 Å². The first-order chi connectivity index (χ1) is 9.21. The summed E-state index contributed by atoms with van der Waals surface area (Å²) in [7, 11) is -1.83. The maximum Gasteiger partial charge on any atom is 0.254 e. The molecule has 2 rings (SSSR count). The van der Waals surface area contributed by atoms with Crippen molar-refractivity contribution in [3.8, 4) is 0 Å². The van der Waals surface area contributed by atoms with Crippen molar-refractivity contribution in [1.29, 1.82) is 0 Å². The zero-order valence-electron chi connectivity index (χ0n) is 10.6. The Hall–Kier alpha value is -1.57. The second kappa shape index (κ2) is 5.08. The van der Waals surface area contributed by atoms with Gasteiger partial charge in [-0.05, 0) is 18.6 Å². The summed E-state index contributed by atoms with van der Waals surface area (Å²) in [6.45, 7) is 0. The third-order valence-electron chi connectivity index (χ3n) is 3.31. The Bertz CT molecular complexity index is 637. The Morgan fingerprint density at radius 1 is 1.25 bits per heavy atom. The molecule has 0 N–H and O–H groups in total. The molecule has 4 nitrogen and oxygen atoms in total. The van der Waals surface area contributed by atoms with Crippen LogP contribution in [0.5, 0.6) is 0 Å². The van der Waals surface area contributed by atoms with Gasteiger partial charge in [-0.1, -0.05) is 0 Å². The average Bonchev–Trinajstić information content (AvgIpc) is 2.74. The predicted octanol–water partition coefficient (Wildman–Crippen LogP) is 1.36. The summed E-state index contributed by atoms with van der Waals surface area (Å²) >= 11 is 0. The van der Waals surface area contributed by atoms with E-state index >= 15 is 0 Å². The molecule has 0 radical (unpaired) electrons. The van der Waals surface area contributed by atoms with Crippen molar-refractivity contribution in [3.63, 3.8) is 0 Å². The molecular formula is C12H12F3NO3S. The molecule has 1 atom stereocenters. The van der Waals surface area contributed by atoms with E-state index in [2.05, 4.69) is 0 Å². The van der Waals surface area contributed by atoms with Gasteiger partial charge in [-0.2, -0.15) is 0 Å². The topological polar surface area (TPSA) is 54.5 Å². The third kappa shape index (κ3) is 2.79. The number of halogens is 3. The van der Waals surface area contributed by atoms with Gasteiger partial charge in [0.2, 0.25) is 0 Å². The van der Waals surface area contributed by atoms with Crippen LogP contribution in [-0.4, -0.2) is 43.8 Å². The van der Waals surface area contributed by atoms with Crippen molar-refractivity contribution in [2.75, 3.05) is 18.6 Å². The summed E-state index contributed by atoms with van der Waals surface area (Å²) in [5.74, 6) is -5.51. The Morgan fingerprint density at radius 2 is 1.80 bits per heavy atom. The first-order valence-corrected chi connectivity index (χ1v) is 7.65. The largest absolute Gasteiger partial charge is 0.338 e. The van der Waals surface area contributed by atoms with Gasteiger partial charge < -0.3 is 4.90 Å². The minimum atomic E-state index is -3.18. The van der Waals surface area contributed by atoms with Crippen LogP contribution in [0.15, 0.2) is 12.1 Å². The van der Waals surface area contributed by atoms with E-state index in [4.69, 9.17) is 0 Å². The smallest absolute Gasteiger partial charge is 0.254 e. The highest BCUT2D eigenvalue weighted by atomic mass is 32.2. The van der Waals surface area contributed by atoms with Crippen LogP contribution in [-0.2, 0) is 9.84 Å². The standard InChI is InChI=1S/C12H12F3NO3S/c1-16(8-2-3-20(18,19)6-8)12(17)7-4-9(13)11(15)10(14)5-7/h4-5,8H,2-3,6H2,1H3. The molecule has 1 aliphatic rings. The van der Waals surface area contributed by atoms with E-state index in [-0.39, 0.29) is 23.5 Å². The maximum atomic E-state index is 13.1. The molecule has 0 spiro atoms. The van der Waals surface area contributed by atoms with Crippen LogP contribution in [0.3, 0.4) is 0 Å². The van der Waals surface area contributed by atoms with Crippen LogP contribution < -0.4 is 0 Å². The minimum absolute atomic E-state index is 0.0264. The lowest BCUT2D eigenvalue weighted by molar-refractivity contribution is 0.0746. The summed E-state index contributed by atoms with van der Waals surface area (Å²) < 4.78 is 61.7. The summed E-state index contributed by atoms with van der Waals surface area (Å²) in [5, 5.41) is 0. The molecule has 1 aliphatic heterocycles. The average molecular weight is 307 g/mol. The monoisotopic (exact) mass is 307 g/mol. The summed E-state index contributed by atoms with van der Waals surface area (Å²) in [6.07, 6.45) is 0.275. The molecule has 1 unspecified atom stereocenters. The molecule has 0 bridgehead atoms. The van der Waals surface area contributed by atoms with Gasteiger partial charge in [0.15, 0.2) is 27.3 Å². The molecule has 1 saturated heterocycles. The van der Waals surface area contributed by atoms with Gasteiger partial charge in [0.25, 0.3) is 5.91 Å². The number of carbonyl (C=O) groups excluding carboxylic acids is 1. The molecule has 0 aliphatic carbocycles. The van der Waals surface area contributed by atoms with Gasteiger partial charge in [-0.15, -0.1) is 0 Å². The SMILES string of the molecule is CN(C(=O)c1cc(F)c(F)c(F)c1)C1CCS(=O)(=O)C1. The Morgan fingerprint density at radius 3 is 2.25 bits per heavy atom. The molecule has 110 valence electrons. The molecule has 8 heteroatoms. The fraction of sp³-hybridized carbons (Fsp3) is 0.417. The van der Waals surface area contributed by atoms with Gasteiger partial charge >= 0.3 is 0 Å². The van der Waals surface area contributed by atoms with Crippen LogP contribution in [0.2, 0.25) is 0 Å². The summed E-state index contributed by atoms with van der Waals surface area (Å²) in [6, 6.07) is 0.658. The van der Waals surface area contributed by atoms with E-state index in [0.717, 1.165) is 4.90 Å². The Labute approximate surface area is 114 Å². The highest BCUT2D eigenvalue weighted by molar-refractivity contribution is 7.91. The maximum absolute atomic E-state index is 13.1. The molecule has 1 heterocycles. The quantitative estimate of drug-likeness (QED) is 0.775. The van der Waals surface area contributed by atoms with Crippen LogP contribution in [0.1, 0.15) is 16.8 Å². The lowest BCUT2D eigenvalue weighted by atomic mass is 10.1. The van der Waals surface area contributed by atoms with E-state index in [9.17, 15) is 26.4 Å². The molecule has 1 fully saturated rings. The summed E-state index contributed by atoms with van der Waals surface area (Å²) in [5.41, 5.74) is -0.354. The van der Waals surface area contributed by atoms with Crippen LogP contribution in [0.25, 0.3) is 0 Å². The molecule has 0 saturated carbocycles. The number of hydrogen-bond acceptors (Lipinski definition) is 3. The second-order valence-corrected chi connectivity index (χ2v) is 6.96. The first-order valence-electron chi connectivity index (χ1n) is 5.83. The normalized spacial score (nSPS) is 20.9. The molecular weight excluding hydrogens is 295 g/mol. The van der Waals surface area contributed by atoms with Gasteiger partial charge in [0.1, 0.15) is 0 Å². The highest BCUT2D eigenvalue weighted by Gasteiger charge is 2.33. The number of nitrogens with zero attached hydrogens (tertiary/aromatic N) is 1. The highest BCUT2D eigenvalue weighted by Crippen LogP contribution is 2.20. The van der Waals surface area contributed by atoms with E-state index < -0.39 is 39.2 Å². The predicted molar refractivity (Wildman–Crippen MR) is 65.5 cm³/mol. The second-order valence-electron chi connectivity index (χ2n) is 4.73. The zero-order valence-corrected chi connectivity index (χ0v) is 11.4. The zero-order chi connectivity index (χ0) is 15.1. The van der Waals surface area contributed by atoms with Gasteiger partial charge in [0.05, 0.1) is 11.5 Å². The van der Waals surface area contributed by atoms with Crippen molar-refractivity contribution < 1.29 is 26.4 Å². The van der Waals surface area contributed by atoms with Crippen LogP contribution >= 0.6 is 0 Å². The van der Waals surface area contributed by atoms with E-state index in [1.807, 2.05) is 0 Å². The van der Waals surface area contributed by atoms with Crippen molar-refractivity contribution in [1.82, 2.24) is 4.90 Å².